The van der Waals surface area contributed by atoms with Gasteiger partial charge in [-0.1, -0.05) is 17.3 Å². The van der Waals surface area contributed by atoms with Gasteiger partial charge in [0.05, 0.1) is 6.54 Å². The Labute approximate surface area is 118 Å². The fourth-order valence-corrected chi connectivity index (χ4v) is 1.87. The highest BCUT2D eigenvalue weighted by Gasteiger charge is 2.33. The maximum absolute atomic E-state index is 12.5. The van der Waals surface area contributed by atoms with Crippen LogP contribution in [0.25, 0.3) is 0 Å². The van der Waals surface area contributed by atoms with Gasteiger partial charge in [0, 0.05) is 11.8 Å². The third-order valence-electron chi connectivity index (χ3n) is 3.01. The van der Waals surface area contributed by atoms with Gasteiger partial charge in [-0.25, -0.2) is 0 Å². The maximum Gasteiger partial charge on any atom is 0.435 e. The van der Waals surface area contributed by atoms with Crippen molar-refractivity contribution >= 4 is 5.84 Å². The molecule has 3 N–H and O–H groups in total. The highest BCUT2D eigenvalue weighted by molar-refractivity contribution is 5.97. The number of alkyl halides is 3. The normalized spacial score (nSPS) is 12.7. The van der Waals surface area contributed by atoms with Crippen LogP contribution < -0.4 is 5.73 Å². The quantitative estimate of drug-likeness (QED) is 0.395. The zero-order valence-electron chi connectivity index (χ0n) is 11.1. The Bertz CT molecular complexity index is 676. The second-order valence-corrected chi connectivity index (χ2v) is 4.52. The highest BCUT2D eigenvalue weighted by Crippen LogP contribution is 2.27. The van der Waals surface area contributed by atoms with E-state index in [1.54, 1.807) is 25.1 Å². The zero-order chi connectivity index (χ0) is 15.6. The van der Waals surface area contributed by atoms with Gasteiger partial charge in [0.1, 0.15) is 0 Å². The van der Waals surface area contributed by atoms with Crippen LogP contribution in [0.1, 0.15) is 22.4 Å². The van der Waals surface area contributed by atoms with Gasteiger partial charge in [-0.3, -0.25) is 4.68 Å². The summed E-state index contributed by atoms with van der Waals surface area (Å²) in [5, 5.41) is 15.0. The van der Waals surface area contributed by atoms with Crippen LogP contribution in [0.5, 0.6) is 0 Å². The molecule has 0 aliphatic heterocycles. The molecule has 0 radical (unpaired) electrons. The molecule has 8 heteroatoms. The predicted octanol–water partition coefficient (Wildman–Crippen LogP) is 2.35. The lowest BCUT2D eigenvalue weighted by Crippen LogP contribution is -2.14. The molecular weight excluding hydrogens is 285 g/mol. The summed E-state index contributed by atoms with van der Waals surface area (Å²) in [4.78, 5) is 0. The molecule has 0 atom stereocenters. The van der Waals surface area contributed by atoms with Crippen molar-refractivity contribution in [2.75, 3.05) is 0 Å². The molecule has 0 spiro atoms. The average molecular weight is 298 g/mol. The number of amidine groups is 1. The number of aryl methyl sites for hydroxylation is 1. The standard InChI is InChI=1S/C13H13F3N4O/c1-8-6-9(12(17)19-21)2-3-10(8)7-20-5-4-11(18-20)13(14,15)16/h2-6,21H,7H2,1H3,(H2,17,19). The molecular formula is C13H13F3N4O. The van der Waals surface area contributed by atoms with Gasteiger partial charge in [-0.2, -0.15) is 18.3 Å². The maximum atomic E-state index is 12.5. The Morgan fingerprint density at radius 1 is 1.38 bits per heavy atom. The molecule has 0 bridgehead atoms. The molecule has 1 aromatic carbocycles. The molecule has 1 aromatic heterocycles. The first kappa shape index (κ1) is 14.9. The highest BCUT2D eigenvalue weighted by atomic mass is 19.4. The smallest absolute Gasteiger partial charge is 0.409 e. The summed E-state index contributed by atoms with van der Waals surface area (Å²) in [7, 11) is 0. The Balaban J connectivity index is 2.22. The molecule has 21 heavy (non-hydrogen) atoms. The second-order valence-electron chi connectivity index (χ2n) is 4.52. The van der Waals surface area contributed by atoms with Crippen molar-refractivity contribution in [3.8, 4) is 0 Å². The number of rotatable bonds is 3. The molecule has 5 nitrogen and oxygen atoms in total. The van der Waals surface area contributed by atoms with Gasteiger partial charge >= 0.3 is 6.18 Å². The number of aromatic nitrogens is 2. The van der Waals surface area contributed by atoms with Crippen molar-refractivity contribution in [3.63, 3.8) is 0 Å². The van der Waals surface area contributed by atoms with Crippen LogP contribution in [0.3, 0.4) is 0 Å². The predicted molar refractivity (Wildman–Crippen MR) is 70.0 cm³/mol. The van der Waals surface area contributed by atoms with Gasteiger partial charge < -0.3 is 10.9 Å². The van der Waals surface area contributed by atoms with E-state index in [4.69, 9.17) is 10.9 Å². The van der Waals surface area contributed by atoms with E-state index in [1.807, 2.05) is 0 Å². The molecule has 112 valence electrons. The van der Waals surface area contributed by atoms with Crippen molar-refractivity contribution in [1.29, 1.82) is 0 Å². The molecule has 0 fully saturated rings. The summed E-state index contributed by atoms with van der Waals surface area (Å²) < 4.78 is 38.6. The van der Waals surface area contributed by atoms with Gasteiger partial charge in [0.2, 0.25) is 0 Å². The van der Waals surface area contributed by atoms with Gasteiger partial charge in [-0.05, 0) is 30.2 Å². The lowest BCUT2D eigenvalue weighted by molar-refractivity contribution is -0.141. The van der Waals surface area contributed by atoms with E-state index in [-0.39, 0.29) is 12.4 Å². The number of halogens is 3. The largest absolute Gasteiger partial charge is 0.435 e. The molecule has 0 aliphatic carbocycles. The minimum absolute atomic E-state index is 0.0249. The van der Waals surface area contributed by atoms with Crippen LogP contribution in [0.4, 0.5) is 13.2 Å². The van der Waals surface area contributed by atoms with E-state index in [1.165, 1.54) is 10.9 Å². The SMILES string of the molecule is Cc1cc(/C(N)=N/O)ccc1Cn1ccc(C(F)(F)F)n1. The minimum Gasteiger partial charge on any atom is -0.409 e. The second kappa shape index (κ2) is 5.47. The van der Waals surface area contributed by atoms with E-state index in [9.17, 15) is 13.2 Å². The Morgan fingerprint density at radius 3 is 2.62 bits per heavy atom. The van der Waals surface area contributed by atoms with Crippen molar-refractivity contribution in [2.24, 2.45) is 10.9 Å². The number of oxime groups is 1. The summed E-state index contributed by atoms with van der Waals surface area (Å²) in [6.45, 7) is 2.00. The summed E-state index contributed by atoms with van der Waals surface area (Å²) >= 11 is 0. The summed E-state index contributed by atoms with van der Waals surface area (Å²) in [5.74, 6) is -0.0249. The van der Waals surface area contributed by atoms with E-state index in [2.05, 4.69) is 10.3 Å². The topological polar surface area (TPSA) is 76.4 Å². The number of nitrogens with zero attached hydrogens (tertiary/aromatic N) is 3. The minimum atomic E-state index is -4.45. The fourth-order valence-electron chi connectivity index (χ4n) is 1.87. The number of nitrogens with two attached hydrogens (primary N) is 1. The van der Waals surface area contributed by atoms with Crippen molar-refractivity contribution in [3.05, 3.63) is 52.8 Å². The van der Waals surface area contributed by atoms with Gasteiger partial charge in [0.25, 0.3) is 0 Å². The fraction of sp³-hybridized carbons (Fsp3) is 0.231. The Hall–Kier alpha value is -2.51. The van der Waals surface area contributed by atoms with Crippen molar-refractivity contribution < 1.29 is 18.4 Å². The van der Waals surface area contributed by atoms with E-state index < -0.39 is 11.9 Å². The van der Waals surface area contributed by atoms with Crippen LogP contribution in [-0.2, 0) is 12.7 Å². The molecule has 0 unspecified atom stereocenters. The van der Waals surface area contributed by atoms with E-state index in [0.717, 1.165) is 17.2 Å². The van der Waals surface area contributed by atoms with Gasteiger partial charge in [-0.15, -0.1) is 0 Å². The molecule has 2 rings (SSSR count). The lowest BCUT2D eigenvalue weighted by atomic mass is 10.0. The van der Waals surface area contributed by atoms with Crippen LogP contribution in [0, 0.1) is 6.92 Å². The van der Waals surface area contributed by atoms with Crippen molar-refractivity contribution in [1.82, 2.24) is 9.78 Å². The Kier molecular flexibility index (Phi) is 3.88. The van der Waals surface area contributed by atoms with E-state index in [0.29, 0.717) is 5.56 Å². The third-order valence-corrected chi connectivity index (χ3v) is 3.01. The van der Waals surface area contributed by atoms with E-state index >= 15 is 0 Å². The number of hydrogen-bond acceptors (Lipinski definition) is 3. The molecule has 0 saturated heterocycles. The summed E-state index contributed by atoms with van der Waals surface area (Å²) in [5.41, 5.74) is 6.69. The first-order valence-corrected chi connectivity index (χ1v) is 5.99. The molecule has 2 aromatic rings. The molecule has 0 amide bonds. The molecule has 0 saturated carbocycles. The first-order chi connectivity index (χ1) is 9.81. The van der Waals surface area contributed by atoms with Crippen LogP contribution >= 0.6 is 0 Å². The third kappa shape index (κ3) is 3.33. The Morgan fingerprint density at radius 2 is 2.10 bits per heavy atom. The zero-order valence-corrected chi connectivity index (χ0v) is 11.1. The van der Waals surface area contributed by atoms with Crippen LogP contribution in [0.15, 0.2) is 35.6 Å². The summed E-state index contributed by atoms with van der Waals surface area (Å²) in [6, 6.07) is 5.96. The molecule has 0 aliphatic rings. The van der Waals surface area contributed by atoms with Crippen LogP contribution in [0.2, 0.25) is 0 Å². The molecule has 1 heterocycles. The summed E-state index contributed by atoms with van der Waals surface area (Å²) in [6.07, 6.45) is -3.17. The number of benzene rings is 1. The van der Waals surface area contributed by atoms with Crippen LogP contribution in [-0.4, -0.2) is 20.8 Å². The van der Waals surface area contributed by atoms with Crippen molar-refractivity contribution in [2.45, 2.75) is 19.6 Å². The number of hydrogen-bond donors (Lipinski definition) is 2. The first-order valence-electron chi connectivity index (χ1n) is 5.99. The lowest BCUT2D eigenvalue weighted by Gasteiger charge is -2.08. The monoisotopic (exact) mass is 298 g/mol. The average Bonchev–Trinajstić information content (AvgIpc) is 2.88. The van der Waals surface area contributed by atoms with Gasteiger partial charge in [0.15, 0.2) is 11.5 Å².